The number of nitrogens with zero attached hydrogens (tertiary/aromatic N) is 6. The smallest absolute Gasteiger partial charge is 0.295 e. The van der Waals surface area contributed by atoms with Crippen LogP contribution in [0.15, 0.2) is 70.4 Å². The monoisotopic (exact) mass is 320 g/mol. The van der Waals surface area contributed by atoms with E-state index in [9.17, 15) is 4.79 Å². The molecule has 0 bridgehead atoms. The third kappa shape index (κ3) is 2.60. The van der Waals surface area contributed by atoms with Gasteiger partial charge in [-0.2, -0.15) is 15.0 Å². The van der Waals surface area contributed by atoms with E-state index in [-0.39, 0.29) is 6.54 Å². The molecule has 0 radical (unpaired) electrons. The second-order valence-corrected chi connectivity index (χ2v) is 5.06. The first-order valence-electron chi connectivity index (χ1n) is 7.25. The van der Waals surface area contributed by atoms with Gasteiger partial charge in [-0.15, -0.1) is 0 Å². The van der Waals surface area contributed by atoms with E-state index in [1.165, 1.54) is 9.36 Å². The number of aromatic nitrogens is 6. The van der Waals surface area contributed by atoms with Gasteiger partial charge in [0.15, 0.2) is 5.82 Å². The predicted octanol–water partition coefficient (Wildman–Crippen LogP) is 1.53. The number of rotatable bonds is 4. The van der Waals surface area contributed by atoms with Gasteiger partial charge < -0.3 is 0 Å². The minimum atomic E-state index is -0.553. The summed E-state index contributed by atoms with van der Waals surface area (Å²) in [5.74, 6) is -0.148. The van der Waals surface area contributed by atoms with Crippen LogP contribution in [0.4, 0.5) is 0 Å². The Bertz CT molecular complexity index is 1000. The molecule has 0 aliphatic rings. The lowest BCUT2D eigenvalue weighted by Gasteiger charge is -2.01. The van der Waals surface area contributed by atoms with Crippen molar-refractivity contribution >= 4 is 0 Å². The molecule has 0 N–H and O–H groups in total. The summed E-state index contributed by atoms with van der Waals surface area (Å²) < 4.78 is 6.19. The number of hydrogen-bond donors (Lipinski definition) is 0. The summed E-state index contributed by atoms with van der Waals surface area (Å²) in [5.41, 5.74) is 2.15. The van der Waals surface area contributed by atoms with Crippen molar-refractivity contribution in [2.45, 2.75) is 6.54 Å². The van der Waals surface area contributed by atoms with E-state index >= 15 is 0 Å². The van der Waals surface area contributed by atoms with Gasteiger partial charge >= 0.3 is 5.76 Å². The summed E-state index contributed by atoms with van der Waals surface area (Å²) in [6.07, 6.45) is 4.88. The van der Waals surface area contributed by atoms with Gasteiger partial charge in [0.05, 0.1) is 18.4 Å². The summed E-state index contributed by atoms with van der Waals surface area (Å²) in [4.78, 5) is 17.5. The zero-order chi connectivity index (χ0) is 16.4. The Morgan fingerprint density at radius 2 is 1.92 bits per heavy atom. The summed E-state index contributed by atoms with van der Waals surface area (Å²) in [7, 11) is 0. The van der Waals surface area contributed by atoms with Crippen molar-refractivity contribution in [3.05, 3.63) is 77.3 Å². The topological polar surface area (TPSA) is 91.6 Å². The number of hydrogen-bond acceptors (Lipinski definition) is 6. The van der Waals surface area contributed by atoms with Crippen LogP contribution in [0.2, 0.25) is 0 Å². The Morgan fingerprint density at radius 1 is 1.04 bits per heavy atom. The van der Waals surface area contributed by atoms with Crippen LogP contribution in [-0.2, 0) is 6.54 Å². The van der Waals surface area contributed by atoms with Crippen LogP contribution in [0.25, 0.3) is 17.1 Å². The van der Waals surface area contributed by atoms with E-state index < -0.39 is 5.76 Å². The van der Waals surface area contributed by atoms with E-state index in [1.807, 2.05) is 36.4 Å². The van der Waals surface area contributed by atoms with Crippen molar-refractivity contribution in [1.82, 2.24) is 29.7 Å². The molecule has 0 fully saturated rings. The Labute approximate surface area is 136 Å². The fourth-order valence-electron chi connectivity index (χ4n) is 2.33. The molecule has 3 aromatic heterocycles. The molecule has 4 rings (SSSR count). The summed E-state index contributed by atoms with van der Waals surface area (Å²) >= 11 is 0. The van der Waals surface area contributed by atoms with E-state index in [0.29, 0.717) is 17.1 Å². The van der Waals surface area contributed by atoms with Gasteiger partial charge in [0.1, 0.15) is 5.69 Å². The predicted molar refractivity (Wildman–Crippen MR) is 84.5 cm³/mol. The average molecular weight is 320 g/mol. The van der Waals surface area contributed by atoms with E-state index in [2.05, 4.69) is 20.3 Å². The van der Waals surface area contributed by atoms with Gasteiger partial charge in [0.2, 0.25) is 0 Å². The van der Waals surface area contributed by atoms with E-state index in [0.717, 1.165) is 5.69 Å². The number of benzene rings is 1. The number of pyridine rings is 1. The number of para-hydroxylation sites is 1. The maximum Gasteiger partial charge on any atom is 0.442 e. The lowest BCUT2D eigenvalue weighted by molar-refractivity contribution is 0.378. The lowest BCUT2D eigenvalue weighted by atomic mass is 10.2. The quantitative estimate of drug-likeness (QED) is 0.566. The highest BCUT2D eigenvalue weighted by Gasteiger charge is 2.15. The largest absolute Gasteiger partial charge is 0.442 e. The standard InChI is InChI=1S/C16H12N6O2/c23-16-21(15(20-24-16)12-5-4-8-17-9-12)11-13-10-18-22(19-13)14-6-2-1-3-7-14/h1-10H,11H2. The Morgan fingerprint density at radius 3 is 2.71 bits per heavy atom. The van der Waals surface area contributed by atoms with Crippen LogP contribution >= 0.6 is 0 Å². The van der Waals surface area contributed by atoms with Crippen LogP contribution in [-0.4, -0.2) is 29.7 Å². The van der Waals surface area contributed by atoms with Gasteiger partial charge in [0.25, 0.3) is 0 Å². The van der Waals surface area contributed by atoms with Crippen molar-refractivity contribution in [3.63, 3.8) is 0 Å². The van der Waals surface area contributed by atoms with Gasteiger partial charge in [-0.05, 0) is 24.3 Å². The molecule has 0 atom stereocenters. The molecule has 0 amide bonds. The molecule has 24 heavy (non-hydrogen) atoms. The first-order valence-corrected chi connectivity index (χ1v) is 7.25. The molecule has 0 aliphatic carbocycles. The normalized spacial score (nSPS) is 10.8. The molecule has 8 heteroatoms. The van der Waals surface area contributed by atoms with E-state index in [4.69, 9.17) is 4.52 Å². The van der Waals surface area contributed by atoms with Crippen molar-refractivity contribution in [2.75, 3.05) is 0 Å². The second-order valence-electron chi connectivity index (χ2n) is 5.06. The lowest BCUT2D eigenvalue weighted by Crippen LogP contribution is -2.16. The Kier molecular flexibility index (Phi) is 3.47. The van der Waals surface area contributed by atoms with Crippen LogP contribution < -0.4 is 5.76 Å². The maximum absolute atomic E-state index is 12.0. The molecule has 0 unspecified atom stereocenters. The fourth-order valence-corrected chi connectivity index (χ4v) is 2.33. The molecular formula is C16H12N6O2. The maximum atomic E-state index is 12.0. The molecule has 0 saturated heterocycles. The van der Waals surface area contributed by atoms with Gasteiger partial charge in [-0.1, -0.05) is 23.4 Å². The Hall–Kier alpha value is -3.55. The minimum absolute atomic E-state index is 0.208. The molecule has 118 valence electrons. The molecule has 3 heterocycles. The van der Waals surface area contributed by atoms with Crippen molar-refractivity contribution < 1.29 is 4.52 Å². The highest BCUT2D eigenvalue weighted by Crippen LogP contribution is 2.15. The van der Waals surface area contributed by atoms with Crippen molar-refractivity contribution in [1.29, 1.82) is 0 Å². The van der Waals surface area contributed by atoms with Crippen molar-refractivity contribution in [2.24, 2.45) is 0 Å². The van der Waals surface area contributed by atoms with Crippen LogP contribution in [0, 0.1) is 0 Å². The van der Waals surface area contributed by atoms with Gasteiger partial charge in [-0.25, -0.2) is 4.79 Å². The highest BCUT2D eigenvalue weighted by atomic mass is 16.5. The Balaban J connectivity index is 1.67. The van der Waals surface area contributed by atoms with Gasteiger partial charge in [-0.3, -0.25) is 14.1 Å². The molecule has 0 spiro atoms. The zero-order valence-electron chi connectivity index (χ0n) is 12.5. The fraction of sp³-hybridized carbons (Fsp3) is 0.0625. The summed E-state index contributed by atoms with van der Waals surface area (Å²) in [5, 5.41) is 12.4. The molecular weight excluding hydrogens is 308 g/mol. The second kappa shape index (κ2) is 5.92. The van der Waals surface area contributed by atoms with Crippen LogP contribution in [0.3, 0.4) is 0 Å². The van der Waals surface area contributed by atoms with Crippen LogP contribution in [0.1, 0.15) is 5.69 Å². The first-order chi connectivity index (χ1) is 11.8. The van der Waals surface area contributed by atoms with Crippen molar-refractivity contribution in [3.8, 4) is 17.1 Å². The average Bonchev–Trinajstić information content (AvgIpc) is 3.25. The minimum Gasteiger partial charge on any atom is -0.295 e. The zero-order valence-corrected chi connectivity index (χ0v) is 12.5. The highest BCUT2D eigenvalue weighted by molar-refractivity contribution is 5.52. The molecule has 1 aromatic carbocycles. The molecule has 0 aliphatic heterocycles. The van der Waals surface area contributed by atoms with Crippen LogP contribution in [0.5, 0.6) is 0 Å². The van der Waals surface area contributed by atoms with E-state index in [1.54, 1.807) is 24.7 Å². The van der Waals surface area contributed by atoms with Gasteiger partial charge in [0, 0.05) is 18.0 Å². The third-order valence-electron chi connectivity index (χ3n) is 3.45. The summed E-state index contributed by atoms with van der Waals surface area (Å²) in [6.45, 7) is 0.208. The molecule has 0 saturated carbocycles. The third-order valence-corrected chi connectivity index (χ3v) is 3.45. The molecule has 4 aromatic rings. The first kappa shape index (κ1) is 14.1. The summed E-state index contributed by atoms with van der Waals surface area (Å²) in [6, 6.07) is 13.1. The SMILES string of the molecule is O=c1onc(-c2cccnc2)n1Cc1cnn(-c2ccccc2)n1. The molecule has 8 nitrogen and oxygen atoms in total.